The molecule has 2 saturated heterocycles. The van der Waals surface area contributed by atoms with Crippen LogP contribution in [0.15, 0.2) is 53.5 Å². The summed E-state index contributed by atoms with van der Waals surface area (Å²) in [4.78, 5) is 23.2. The molecule has 0 bridgehead atoms. The van der Waals surface area contributed by atoms with Gasteiger partial charge in [-0.1, -0.05) is 0 Å². The van der Waals surface area contributed by atoms with Gasteiger partial charge in [0.15, 0.2) is 0 Å². The summed E-state index contributed by atoms with van der Waals surface area (Å²) in [5, 5.41) is 18.8. The molecular formula is C38H50BrN10O3P. The van der Waals surface area contributed by atoms with Crippen molar-refractivity contribution in [2.75, 3.05) is 69.2 Å². The van der Waals surface area contributed by atoms with Crippen LogP contribution in [-0.4, -0.2) is 102 Å². The average molecular weight is 806 g/mol. The minimum absolute atomic E-state index is 0.212. The Morgan fingerprint density at radius 1 is 1.08 bits per heavy atom. The predicted molar refractivity (Wildman–Crippen MR) is 220 cm³/mol. The summed E-state index contributed by atoms with van der Waals surface area (Å²) in [7, 11) is 0.675. The first-order valence-electron chi connectivity index (χ1n) is 17.8. The van der Waals surface area contributed by atoms with E-state index in [4.69, 9.17) is 19.9 Å². The number of nitrogens with zero attached hydrogens (tertiary/aromatic N) is 6. The van der Waals surface area contributed by atoms with E-state index >= 15 is 0 Å². The minimum Gasteiger partial charge on any atom is -0.494 e. The number of hydrogen-bond donors (Lipinski definition) is 4. The van der Waals surface area contributed by atoms with Gasteiger partial charge >= 0.3 is 0 Å². The van der Waals surface area contributed by atoms with Crippen LogP contribution in [0.2, 0.25) is 0 Å². The minimum atomic E-state index is -2.79. The molecule has 1 spiro atoms. The lowest BCUT2D eigenvalue weighted by atomic mass is 9.85. The van der Waals surface area contributed by atoms with E-state index < -0.39 is 7.14 Å². The number of anilines is 5. The van der Waals surface area contributed by atoms with Crippen LogP contribution in [0.5, 0.6) is 5.75 Å². The van der Waals surface area contributed by atoms with Gasteiger partial charge in [-0.25, -0.2) is 4.98 Å². The summed E-state index contributed by atoms with van der Waals surface area (Å²) in [6, 6.07) is 8.14. The van der Waals surface area contributed by atoms with E-state index in [0.717, 1.165) is 50.3 Å². The van der Waals surface area contributed by atoms with Crippen molar-refractivity contribution in [1.82, 2.24) is 30.2 Å². The lowest BCUT2D eigenvalue weighted by Crippen LogP contribution is -2.63. The van der Waals surface area contributed by atoms with Crippen LogP contribution < -0.4 is 30.9 Å². The van der Waals surface area contributed by atoms with Gasteiger partial charge in [-0.3, -0.25) is 14.9 Å². The third-order valence-corrected chi connectivity index (χ3v) is 11.9. The fourth-order valence-electron chi connectivity index (χ4n) is 7.46. The van der Waals surface area contributed by atoms with Gasteiger partial charge in [-0.15, -0.1) is 0 Å². The van der Waals surface area contributed by atoms with Crippen LogP contribution in [-0.2, 0) is 9.30 Å². The average Bonchev–Trinajstić information content (AvgIpc) is 3.11. The molecule has 13 nitrogen and oxygen atoms in total. The number of morpholine rings is 1. The fourth-order valence-corrected chi connectivity index (χ4v) is 9.14. The second kappa shape index (κ2) is 15.3. The maximum Gasteiger partial charge on any atom is 0.229 e. The Balaban J connectivity index is 1.32. The van der Waals surface area contributed by atoms with Crippen molar-refractivity contribution in [3.8, 4) is 5.75 Å². The first kappa shape index (κ1) is 38.6. The number of allylic oxidation sites excluding steroid dienone is 1. The summed E-state index contributed by atoms with van der Waals surface area (Å²) in [6.45, 7) is 15.8. The van der Waals surface area contributed by atoms with E-state index in [0.29, 0.717) is 61.3 Å². The number of piperidine rings is 1. The van der Waals surface area contributed by atoms with Crippen molar-refractivity contribution < 1.29 is 14.0 Å². The molecule has 0 saturated carbocycles. The van der Waals surface area contributed by atoms with Crippen molar-refractivity contribution >= 4 is 80.0 Å². The largest absolute Gasteiger partial charge is 0.494 e. The van der Waals surface area contributed by atoms with E-state index in [1.807, 2.05) is 37.5 Å². The number of aromatic nitrogens is 4. The highest BCUT2D eigenvalue weighted by Gasteiger charge is 2.46. The zero-order chi connectivity index (χ0) is 38.1. The zero-order valence-electron chi connectivity index (χ0n) is 31.7. The number of benzene rings is 2. The number of rotatable bonds is 11. The third kappa shape index (κ3) is 8.36. The molecule has 2 aliphatic rings. The summed E-state index contributed by atoms with van der Waals surface area (Å²) >= 11 is 3.59. The highest BCUT2D eigenvalue weighted by molar-refractivity contribution is 9.10. The van der Waals surface area contributed by atoms with Crippen LogP contribution in [0.4, 0.5) is 28.8 Å². The molecular weight excluding hydrogens is 755 g/mol. The molecule has 4 aromatic rings. The molecule has 2 aromatic carbocycles. The zero-order valence-corrected chi connectivity index (χ0v) is 34.2. The van der Waals surface area contributed by atoms with Crippen LogP contribution in [0.3, 0.4) is 0 Å². The van der Waals surface area contributed by atoms with E-state index in [9.17, 15) is 4.57 Å². The topological polar surface area (TPSA) is 154 Å². The van der Waals surface area contributed by atoms with Gasteiger partial charge in [0.25, 0.3) is 0 Å². The number of methoxy groups -OCH3 is 1. The molecule has 0 atom stereocenters. The van der Waals surface area contributed by atoms with Crippen LogP contribution in [0.1, 0.15) is 46.1 Å². The van der Waals surface area contributed by atoms with E-state index in [1.54, 1.807) is 39.0 Å². The van der Waals surface area contributed by atoms with Gasteiger partial charge in [0.2, 0.25) is 5.95 Å². The number of fused-ring (bicyclic) bond motifs is 1. The quantitative estimate of drug-likeness (QED) is 0.0913. The molecule has 2 aromatic heterocycles. The predicted octanol–water partition coefficient (Wildman–Crippen LogP) is 6.99. The normalized spacial score (nSPS) is 17.6. The summed E-state index contributed by atoms with van der Waals surface area (Å²) in [5.41, 5.74) is 4.61. The Hall–Kier alpha value is -4.10. The molecule has 0 amide bonds. The number of halogens is 1. The molecule has 0 unspecified atom stereocenters. The summed E-state index contributed by atoms with van der Waals surface area (Å²) in [6.07, 6.45) is 9.82. The molecule has 282 valence electrons. The van der Waals surface area contributed by atoms with Crippen molar-refractivity contribution in [3.05, 3.63) is 59.1 Å². The van der Waals surface area contributed by atoms with Crippen molar-refractivity contribution in [1.29, 1.82) is 5.41 Å². The maximum absolute atomic E-state index is 13.5. The highest BCUT2D eigenvalue weighted by atomic mass is 79.9. The van der Waals surface area contributed by atoms with Gasteiger partial charge < -0.3 is 40.3 Å². The van der Waals surface area contributed by atoms with Crippen LogP contribution in [0, 0.1) is 5.41 Å². The Morgan fingerprint density at radius 3 is 2.47 bits per heavy atom. The molecule has 2 fully saturated rings. The standard InChI is InChI=1S/C38H50BrN10O3P/c1-24(2)49-22-37(3,4)52-38(23-49)11-15-48(16-12-38)31-18-32(51-6)30(17-26(31)25(19-40)20-41-5)46-36-44-21-27(39)35(47-36)45-29-10-9-28-33(43-14-13-42-28)34(29)53(7,8)50/h9-10,13-14,17-21,24,40-41H,11-12,15-16,22-23H2,1-8H3,(H2,44,45,46,47)/b25-20+,40-19?. The van der Waals surface area contributed by atoms with Gasteiger partial charge in [0.1, 0.15) is 24.2 Å². The Labute approximate surface area is 320 Å². The third-order valence-electron chi connectivity index (χ3n) is 9.79. The van der Waals surface area contributed by atoms with Gasteiger partial charge in [-0.2, -0.15) is 4.98 Å². The van der Waals surface area contributed by atoms with Crippen LogP contribution >= 0.6 is 23.1 Å². The molecule has 4 N–H and O–H groups in total. The van der Waals surface area contributed by atoms with E-state index in [1.165, 1.54) is 6.21 Å². The van der Waals surface area contributed by atoms with Crippen molar-refractivity contribution in [2.24, 2.45) is 0 Å². The monoisotopic (exact) mass is 804 g/mol. The summed E-state index contributed by atoms with van der Waals surface area (Å²) < 4.78 is 26.9. The second-order valence-electron chi connectivity index (χ2n) is 15.0. The SMILES string of the molecule is CN/C=C(\C=N)c1cc(Nc2ncc(Br)c(Nc3ccc4nccnc4c3P(C)(C)=O)n2)c(OC)cc1N1CCC2(CC1)CN(C(C)C)CC(C)(C)O2. The van der Waals surface area contributed by atoms with Gasteiger partial charge in [-0.05, 0) is 88.0 Å². The second-order valence-corrected chi connectivity index (χ2v) is 19.0. The summed E-state index contributed by atoms with van der Waals surface area (Å²) in [5.74, 6) is 1.39. The molecule has 53 heavy (non-hydrogen) atoms. The Morgan fingerprint density at radius 2 is 1.81 bits per heavy atom. The number of ether oxygens (including phenoxy) is 2. The first-order valence-corrected chi connectivity index (χ1v) is 21.2. The fraction of sp³-hybridized carbons (Fsp3) is 0.447. The number of nitrogens with one attached hydrogen (secondary N) is 4. The number of hydrogen-bond acceptors (Lipinski definition) is 13. The van der Waals surface area contributed by atoms with E-state index in [2.05, 4.69) is 84.3 Å². The van der Waals surface area contributed by atoms with Crippen molar-refractivity contribution in [3.63, 3.8) is 0 Å². The molecule has 4 heterocycles. The maximum atomic E-state index is 13.5. The molecule has 0 radical (unpaired) electrons. The first-order chi connectivity index (χ1) is 25.2. The molecule has 6 rings (SSSR count). The molecule has 2 aliphatic heterocycles. The Bertz CT molecular complexity index is 2080. The molecule has 0 aliphatic carbocycles. The van der Waals surface area contributed by atoms with E-state index in [-0.39, 0.29) is 11.2 Å². The molecule has 15 heteroatoms. The lowest BCUT2D eigenvalue weighted by Gasteiger charge is -2.54. The lowest BCUT2D eigenvalue weighted by molar-refractivity contribution is -0.209. The Kier molecular flexibility index (Phi) is 11.2. The smallest absolute Gasteiger partial charge is 0.229 e. The van der Waals surface area contributed by atoms with Gasteiger partial charge in [0, 0.05) is 93.2 Å². The van der Waals surface area contributed by atoms with Gasteiger partial charge in [0.05, 0.1) is 45.0 Å². The highest BCUT2D eigenvalue weighted by Crippen LogP contribution is 2.44. The van der Waals surface area contributed by atoms with Crippen LogP contribution in [0.25, 0.3) is 16.6 Å². The van der Waals surface area contributed by atoms with Crippen molar-refractivity contribution in [2.45, 2.75) is 57.8 Å².